The van der Waals surface area contributed by atoms with E-state index in [0.29, 0.717) is 41.1 Å². The minimum atomic E-state index is -1.34. The first-order valence-electron chi connectivity index (χ1n) is 8.71. The second-order valence-corrected chi connectivity index (χ2v) is 8.85. The van der Waals surface area contributed by atoms with E-state index < -0.39 is 11.0 Å². The van der Waals surface area contributed by atoms with Gasteiger partial charge in [-0.05, 0) is 31.0 Å². The van der Waals surface area contributed by atoms with Crippen molar-refractivity contribution in [2.75, 3.05) is 13.1 Å². The van der Waals surface area contributed by atoms with Gasteiger partial charge in [-0.2, -0.15) is 0 Å². The number of rotatable bonds is 6. The zero-order valence-corrected chi connectivity index (χ0v) is 16.4. The summed E-state index contributed by atoms with van der Waals surface area (Å²) in [4.78, 5) is 25.1. The van der Waals surface area contributed by atoms with E-state index in [-0.39, 0.29) is 16.7 Å². The molecule has 26 heavy (non-hydrogen) atoms. The standard InChI is InChI=1S/C18H23N3O3S2/c1-2-4-17(22)25-12-20-9-8-14-15(18(20)23)5-3-6-16(14)26(24)21-10-7-13(19)11-21/h3,5-6,8-9,13H,2,4,7,10-12,19H2,1H3. The first-order valence-corrected chi connectivity index (χ1v) is 10.8. The van der Waals surface area contributed by atoms with Crippen LogP contribution in [-0.2, 0) is 21.7 Å². The summed E-state index contributed by atoms with van der Waals surface area (Å²) in [6.45, 7) is 3.24. The van der Waals surface area contributed by atoms with Gasteiger partial charge in [0.2, 0.25) is 0 Å². The van der Waals surface area contributed by atoms with E-state index in [4.69, 9.17) is 5.73 Å². The van der Waals surface area contributed by atoms with Crippen molar-refractivity contribution >= 4 is 38.6 Å². The van der Waals surface area contributed by atoms with Gasteiger partial charge in [-0.1, -0.05) is 24.8 Å². The van der Waals surface area contributed by atoms with Crippen LogP contribution < -0.4 is 11.3 Å². The third-order valence-electron chi connectivity index (χ3n) is 4.41. The number of thioether (sulfide) groups is 1. The molecular weight excluding hydrogens is 370 g/mol. The number of hydrogen-bond donors (Lipinski definition) is 1. The van der Waals surface area contributed by atoms with Gasteiger partial charge in [0.1, 0.15) is 11.0 Å². The lowest BCUT2D eigenvalue weighted by atomic mass is 10.2. The van der Waals surface area contributed by atoms with Gasteiger partial charge in [-0.3, -0.25) is 9.59 Å². The van der Waals surface area contributed by atoms with Gasteiger partial charge < -0.3 is 10.3 Å². The molecule has 0 radical (unpaired) electrons. The fraction of sp³-hybridized carbons (Fsp3) is 0.444. The van der Waals surface area contributed by atoms with Crippen LogP contribution in [0.25, 0.3) is 10.8 Å². The molecule has 140 valence electrons. The number of aromatic nitrogens is 1. The molecule has 1 aliphatic rings. The summed E-state index contributed by atoms with van der Waals surface area (Å²) in [5.41, 5.74) is 5.75. The van der Waals surface area contributed by atoms with Crippen LogP contribution in [-0.4, -0.2) is 37.3 Å². The van der Waals surface area contributed by atoms with Crippen molar-refractivity contribution in [1.29, 1.82) is 0 Å². The van der Waals surface area contributed by atoms with E-state index in [0.717, 1.165) is 24.6 Å². The van der Waals surface area contributed by atoms with Crippen molar-refractivity contribution in [2.45, 2.75) is 43.0 Å². The van der Waals surface area contributed by atoms with E-state index in [1.807, 2.05) is 17.3 Å². The maximum Gasteiger partial charge on any atom is 0.259 e. The molecule has 3 rings (SSSR count). The number of pyridine rings is 1. The zero-order chi connectivity index (χ0) is 18.7. The Bertz CT molecular complexity index is 897. The van der Waals surface area contributed by atoms with Crippen LogP contribution in [0.1, 0.15) is 26.2 Å². The molecule has 2 N–H and O–H groups in total. The smallest absolute Gasteiger partial charge is 0.259 e. The summed E-state index contributed by atoms with van der Waals surface area (Å²) in [5.74, 6) is 0.294. The second-order valence-electron chi connectivity index (χ2n) is 6.39. The molecule has 2 heterocycles. The SMILES string of the molecule is CCCC(=O)SCn1ccc2c(S(=O)N3CCC(N)C3)cccc2c1=O. The third kappa shape index (κ3) is 4.09. The van der Waals surface area contributed by atoms with Gasteiger partial charge in [-0.25, -0.2) is 8.51 Å². The average molecular weight is 394 g/mol. The molecule has 2 atom stereocenters. The monoisotopic (exact) mass is 393 g/mol. The van der Waals surface area contributed by atoms with Gasteiger partial charge in [0, 0.05) is 42.5 Å². The molecule has 1 saturated heterocycles. The summed E-state index contributed by atoms with van der Waals surface area (Å²) < 4.78 is 16.3. The van der Waals surface area contributed by atoms with Crippen LogP contribution >= 0.6 is 11.8 Å². The highest BCUT2D eigenvalue weighted by Gasteiger charge is 2.25. The van der Waals surface area contributed by atoms with Gasteiger partial charge in [0.05, 0.1) is 10.8 Å². The molecule has 1 aliphatic heterocycles. The summed E-state index contributed by atoms with van der Waals surface area (Å²) in [7, 11) is -1.34. The maximum absolute atomic E-state index is 12.9. The Morgan fingerprint density at radius 1 is 1.35 bits per heavy atom. The summed E-state index contributed by atoms with van der Waals surface area (Å²) >= 11 is 1.15. The quantitative estimate of drug-likeness (QED) is 0.812. The highest BCUT2D eigenvalue weighted by molar-refractivity contribution is 8.12. The Hall–Kier alpha value is -1.48. The maximum atomic E-state index is 12.9. The first-order chi connectivity index (χ1) is 12.5. The van der Waals surface area contributed by atoms with Gasteiger partial charge >= 0.3 is 0 Å². The number of nitrogens with two attached hydrogens (primary N) is 1. The molecule has 2 aromatic rings. The summed E-state index contributed by atoms with van der Waals surface area (Å²) in [6.07, 6.45) is 3.81. The molecule has 1 aromatic carbocycles. The number of hydrogen-bond acceptors (Lipinski definition) is 5. The lowest BCUT2D eigenvalue weighted by Crippen LogP contribution is -2.28. The minimum Gasteiger partial charge on any atom is -0.326 e. The van der Waals surface area contributed by atoms with Crippen molar-refractivity contribution in [3.63, 3.8) is 0 Å². The van der Waals surface area contributed by atoms with Crippen LogP contribution in [0.15, 0.2) is 40.2 Å². The highest BCUT2D eigenvalue weighted by Crippen LogP contribution is 2.24. The number of carbonyl (C=O) groups is 1. The normalized spacial score (nSPS) is 19.1. The molecule has 0 amide bonds. The third-order valence-corrected chi connectivity index (χ3v) is 6.87. The molecule has 1 fully saturated rings. The summed E-state index contributed by atoms with van der Waals surface area (Å²) in [6, 6.07) is 7.15. The zero-order valence-electron chi connectivity index (χ0n) is 14.7. The van der Waals surface area contributed by atoms with Crippen LogP contribution in [0.2, 0.25) is 0 Å². The van der Waals surface area contributed by atoms with Crippen LogP contribution in [0, 0.1) is 0 Å². The van der Waals surface area contributed by atoms with E-state index in [1.165, 1.54) is 4.57 Å². The molecule has 2 unspecified atom stereocenters. The second kappa shape index (κ2) is 8.47. The predicted octanol–water partition coefficient (Wildman–Crippen LogP) is 2.07. The Morgan fingerprint density at radius 3 is 2.85 bits per heavy atom. The van der Waals surface area contributed by atoms with E-state index >= 15 is 0 Å². The van der Waals surface area contributed by atoms with Gasteiger partial charge in [0.25, 0.3) is 5.56 Å². The minimum absolute atomic E-state index is 0.0452. The molecular formula is C18H23N3O3S2. The number of nitrogens with zero attached hydrogens (tertiary/aromatic N) is 2. The fourth-order valence-corrected chi connectivity index (χ4v) is 5.28. The fourth-order valence-electron chi connectivity index (χ4n) is 3.00. The molecule has 0 saturated carbocycles. The Balaban J connectivity index is 1.89. The van der Waals surface area contributed by atoms with E-state index in [1.54, 1.807) is 24.4 Å². The Morgan fingerprint density at radius 2 is 2.15 bits per heavy atom. The topological polar surface area (TPSA) is 85.4 Å². The van der Waals surface area contributed by atoms with Crippen LogP contribution in [0.3, 0.4) is 0 Å². The largest absolute Gasteiger partial charge is 0.326 e. The highest BCUT2D eigenvalue weighted by atomic mass is 32.2. The van der Waals surface area contributed by atoms with Crippen molar-refractivity contribution in [3.05, 3.63) is 40.8 Å². The van der Waals surface area contributed by atoms with Gasteiger partial charge in [-0.15, -0.1) is 0 Å². The number of fused-ring (bicyclic) bond motifs is 1. The van der Waals surface area contributed by atoms with Crippen molar-refractivity contribution in [2.24, 2.45) is 5.73 Å². The Kier molecular flexibility index (Phi) is 6.29. The van der Waals surface area contributed by atoms with E-state index in [2.05, 4.69) is 0 Å². The van der Waals surface area contributed by atoms with Crippen molar-refractivity contribution in [3.8, 4) is 0 Å². The molecule has 8 heteroatoms. The van der Waals surface area contributed by atoms with Crippen LogP contribution in [0.5, 0.6) is 0 Å². The first kappa shape index (κ1) is 19.3. The van der Waals surface area contributed by atoms with Crippen LogP contribution in [0.4, 0.5) is 0 Å². The number of benzene rings is 1. The molecule has 0 aliphatic carbocycles. The van der Waals surface area contributed by atoms with Gasteiger partial charge in [0.15, 0.2) is 5.12 Å². The summed E-state index contributed by atoms with van der Waals surface area (Å²) in [5, 5.41) is 1.29. The molecule has 1 aromatic heterocycles. The molecule has 6 nitrogen and oxygen atoms in total. The average Bonchev–Trinajstić information content (AvgIpc) is 3.07. The molecule has 0 spiro atoms. The Labute approximate surface area is 159 Å². The predicted molar refractivity (Wildman–Crippen MR) is 106 cm³/mol. The number of carbonyl (C=O) groups excluding carboxylic acids is 1. The molecule has 0 bridgehead atoms. The van der Waals surface area contributed by atoms with Crippen molar-refractivity contribution < 1.29 is 9.00 Å². The van der Waals surface area contributed by atoms with E-state index in [9.17, 15) is 13.8 Å². The van der Waals surface area contributed by atoms with Crippen molar-refractivity contribution in [1.82, 2.24) is 8.87 Å². The lowest BCUT2D eigenvalue weighted by molar-refractivity contribution is -0.111. The lowest BCUT2D eigenvalue weighted by Gasteiger charge is -2.16.